The Balaban J connectivity index is 2.33. The van der Waals surface area contributed by atoms with Crippen molar-refractivity contribution in [3.63, 3.8) is 0 Å². The molecule has 0 atom stereocenters. The zero-order valence-corrected chi connectivity index (χ0v) is 12.6. The number of nitrogens with two attached hydrogens (primary N) is 1. The first-order valence-corrected chi connectivity index (χ1v) is 8.38. The first-order valence-electron chi connectivity index (χ1n) is 6.06. The maximum absolute atomic E-state index is 12.5. The molecule has 1 heterocycles. The lowest BCUT2D eigenvalue weighted by Crippen LogP contribution is -2.30. The van der Waals surface area contributed by atoms with Crippen LogP contribution in [0.1, 0.15) is 12.5 Å². The molecule has 0 unspecified atom stereocenters. The lowest BCUT2D eigenvalue weighted by Gasteiger charge is -2.19. The molecule has 0 aliphatic heterocycles. The number of benzene rings is 1. The summed E-state index contributed by atoms with van der Waals surface area (Å²) < 4.78 is 26.3. The minimum Gasteiger partial charge on any atom is -0.504 e. The molecule has 1 aromatic carbocycles. The highest BCUT2D eigenvalue weighted by Gasteiger charge is 2.29. The molecule has 0 saturated heterocycles. The molecule has 0 spiro atoms. The van der Waals surface area contributed by atoms with Crippen LogP contribution in [0.25, 0.3) is 0 Å². The second-order valence-electron chi connectivity index (χ2n) is 4.24. The maximum Gasteiger partial charge on any atom is 0.256 e. The summed E-state index contributed by atoms with van der Waals surface area (Å²) in [5.41, 5.74) is 6.49. The fourth-order valence-corrected chi connectivity index (χ4v) is 4.58. The van der Waals surface area contributed by atoms with Gasteiger partial charge in [0.05, 0.1) is 5.69 Å². The van der Waals surface area contributed by atoms with Gasteiger partial charge in [0.2, 0.25) is 0 Å². The predicted octanol–water partition coefficient (Wildman–Crippen LogP) is 2.25. The molecular formula is C13H16N2O3S2. The normalized spacial score (nSPS) is 11.9. The van der Waals surface area contributed by atoms with Crippen LogP contribution in [0.5, 0.6) is 5.75 Å². The summed E-state index contributed by atoms with van der Waals surface area (Å²) in [5, 5.41) is 11.2. The number of hydrogen-bond donors (Lipinski definition) is 2. The molecule has 0 amide bonds. The zero-order chi connectivity index (χ0) is 14.8. The van der Waals surface area contributed by atoms with E-state index in [0.29, 0.717) is 6.54 Å². The van der Waals surface area contributed by atoms with Crippen LogP contribution < -0.4 is 5.73 Å². The summed E-state index contributed by atoms with van der Waals surface area (Å²) >= 11 is 0.933. The van der Waals surface area contributed by atoms with E-state index in [4.69, 9.17) is 5.73 Å². The first-order chi connectivity index (χ1) is 9.46. The molecule has 7 heteroatoms. The lowest BCUT2D eigenvalue weighted by atomic mass is 10.2. The van der Waals surface area contributed by atoms with E-state index in [2.05, 4.69) is 0 Å². The molecule has 0 radical (unpaired) electrons. The van der Waals surface area contributed by atoms with E-state index in [-0.39, 0.29) is 22.2 Å². The van der Waals surface area contributed by atoms with Gasteiger partial charge in [0.25, 0.3) is 10.0 Å². The van der Waals surface area contributed by atoms with Gasteiger partial charge in [0.1, 0.15) is 0 Å². The SMILES string of the molecule is CCN(Cc1ccccc1)S(=O)(=O)c1scc(N)c1O. The number of nitrogens with zero attached hydrogens (tertiary/aromatic N) is 1. The van der Waals surface area contributed by atoms with Crippen LogP contribution in [-0.4, -0.2) is 24.4 Å². The van der Waals surface area contributed by atoms with Gasteiger partial charge in [-0.2, -0.15) is 4.31 Å². The predicted molar refractivity (Wildman–Crippen MR) is 80.1 cm³/mol. The van der Waals surface area contributed by atoms with E-state index in [1.165, 1.54) is 9.69 Å². The fraction of sp³-hybridized carbons (Fsp3) is 0.231. The Bertz CT molecular complexity index is 681. The molecule has 3 N–H and O–H groups in total. The number of rotatable bonds is 5. The van der Waals surface area contributed by atoms with Gasteiger partial charge in [-0.1, -0.05) is 37.3 Å². The Kier molecular flexibility index (Phi) is 4.32. The Morgan fingerprint density at radius 3 is 2.45 bits per heavy atom. The first kappa shape index (κ1) is 14.8. The molecule has 108 valence electrons. The highest BCUT2D eigenvalue weighted by molar-refractivity contribution is 7.91. The van der Waals surface area contributed by atoms with Crippen molar-refractivity contribution >= 4 is 27.0 Å². The van der Waals surface area contributed by atoms with Crippen LogP contribution in [0, 0.1) is 0 Å². The third-order valence-corrected chi connectivity index (χ3v) is 6.32. The molecule has 0 saturated carbocycles. The lowest BCUT2D eigenvalue weighted by molar-refractivity contribution is 0.417. The van der Waals surface area contributed by atoms with E-state index >= 15 is 0 Å². The van der Waals surface area contributed by atoms with Crippen molar-refractivity contribution in [2.45, 2.75) is 17.7 Å². The van der Waals surface area contributed by atoms with Gasteiger partial charge in [-0.25, -0.2) is 8.42 Å². The summed E-state index contributed by atoms with van der Waals surface area (Å²) in [6.45, 7) is 2.33. The largest absolute Gasteiger partial charge is 0.504 e. The van der Waals surface area contributed by atoms with E-state index < -0.39 is 10.0 Å². The third kappa shape index (κ3) is 2.79. The highest BCUT2D eigenvalue weighted by Crippen LogP contribution is 2.37. The van der Waals surface area contributed by atoms with Gasteiger partial charge in [0, 0.05) is 18.5 Å². The van der Waals surface area contributed by atoms with Crippen LogP contribution >= 0.6 is 11.3 Å². The Hall–Kier alpha value is -1.57. The van der Waals surface area contributed by atoms with Crippen molar-refractivity contribution < 1.29 is 13.5 Å². The number of thiophene rings is 1. The number of aromatic hydroxyl groups is 1. The number of hydrogen-bond acceptors (Lipinski definition) is 5. The van der Waals surface area contributed by atoms with Gasteiger partial charge in [-0.05, 0) is 5.56 Å². The van der Waals surface area contributed by atoms with E-state index in [1.54, 1.807) is 6.92 Å². The Morgan fingerprint density at radius 2 is 1.95 bits per heavy atom. The number of anilines is 1. The smallest absolute Gasteiger partial charge is 0.256 e. The third-order valence-electron chi connectivity index (χ3n) is 2.89. The minimum absolute atomic E-state index is 0.0874. The topological polar surface area (TPSA) is 83.6 Å². The van der Waals surface area contributed by atoms with Crippen molar-refractivity contribution in [1.82, 2.24) is 4.31 Å². The van der Waals surface area contributed by atoms with Crippen molar-refractivity contribution in [3.05, 3.63) is 41.3 Å². The quantitative estimate of drug-likeness (QED) is 0.887. The molecule has 0 fully saturated rings. The van der Waals surface area contributed by atoms with Gasteiger partial charge >= 0.3 is 0 Å². The number of nitrogen functional groups attached to an aromatic ring is 1. The zero-order valence-electron chi connectivity index (χ0n) is 11.0. The monoisotopic (exact) mass is 312 g/mol. The summed E-state index contributed by atoms with van der Waals surface area (Å²) in [7, 11) is -3.74. The van der Waals surface area contributed by atoms with Crippen molar-refractivity contribution in [2.24, 2.45) is 0 Å². The molecule has 2 aromatic rings. The van der Waals surface area contributed by atoms with E-state index in [1.807, 2.05) is 30.3 Å². The molecule has 5 nitrogen and oxygen atoms in total. The van der Waals surface area contributed by atoms with Crippen molar-refractivity contribution in [1.29, 1.82) is 0 Å². The van der Waals surface area contributed by atoms with E-state index in [9.17, 15) is 13.5 Å². The summed E-state index contributed by atoms with van der Waals surface area (Å²) in [6, 6.07) is 9.31. The maximum atomic E-state index is 12.5. The average molecular weight is 312 g/mol. The summed E-state index contributed by atoms with van der Waals surface area (Å²) in [6.07, 6.45) is 0. The van der Waals surface area contributed by atoms with Gasteiger partial charge < -0.3 is 10.8 Å². The average Bonchev–Trinajstić information content (AvgIpc) is 2.78. The van der Waals surface area contributed by atoms with Gasteiger partial charge in [0.15, 0.2) is 9.96 Å². The van der Waals surface area contributed by atoms with Gasteiger partial charge in [-0.15, -0.1) is 11.3 Å². The highest BCUT2D eigenvalue weighted by atomic mass is 32.2. The van der Waals surface area contributed by atoms with Crippen LogP contribution in [0.3, 0.4) is 0 Å². The molecule has 20 heavy (non-hydrogen) atoms. The molecule has 0 aliphatic rings. The second kappa shape index (κ2) is 5.82. The Morgan fingerprint density at radius 1 is 1.30 bits per heavy atom. The van der Waals surface area contributed by atoms with Crippen LogP contribution in [0.15, 0.2) is 39.9 Å². The summed E-state index contributed by atoms with van der Waals surface area (Å²) in [4.78, 5) is 0. The Labute approximate surface area is 122 Å². The minimum atomic E-state index is -3.74. The molecule has 0 aliphatic carbocycles. The summed E-state index contributed by atoms with van der Waals surface area (Å²) in [5.74, 6) is -0.360. The van der Waals surface area contributed by atoms with Crippen LogP contribution in [-0.2, 0) is 16.6 Å². The van der Waals surface area contributed by atoms with Crippen LogP contribution in [0.4, 0.5) is 5.69 Å². The molecule has 0 bridgehead atoms. The van der Waals surface area contributed by atoms with Crippen LogP contribution in [0.2, 0.25) is 0 Å². The van der Waals surface area contributed by atoms with Crippen molar-refractivity contribution in [3.8, 4) is 5.75 Å². The molecule has 2 rings (SSSR count). The van der Waals surface area contributed by atoms with Gasteiger partial charge in [-0.3, -0.25) is 0 Å². The number of sulfonamides is 1. The molecule has 1 aromatic heterocycles. The standard InChI is InChI=1S/C13H16N2O3S2/c1-2-15(8-10-6-4-3-5-7-10)20(17,18)13-12(16)11(14)9-19-13/h3-7,9,16H,2,8,14H2,1H3. The van der Waals surface area contributed by atoms with E-state index in [0.717, 1.165) is 16.9 Å². The fourth-order valence-electron chi connectivity index (χ4n) is 1.80. The second-order valence-corrected chi connectivity index (χ2v) is 7.26. The van der Waals surface area contributed by atoms with Crippen molar-refractivity contribution in [2.75, 3.05) is 12.3 Å². The molecular weight excluding hydrogens is 296 g/mol.